The van der Waals surface area contributed by atoms with Crippen molar-refractivity contribution in [2.75, 3.05) is 5.73 Å². The Kier molecular flexibility index (Phi) is 4.28. The highest BCUT2D eigenvalue weighted by molar-refractivity contribution is 6.21. The van der Waals surface area contributed by atoms with Crippen LogP contribution < -0.4 is 22.8 Å². The lowest BCUT2D eigenvalue weighted by Gasteiger charge is -2.30. The predicted molar refractivity (Wildman–Crippen MR) is 79.3 cm³/mol. The molecule has 0 unspecified atom stereocenters. The van der Waals surface area contributed by atoms with Gasteiger partial charge in [0, 0.05) is 18.9 Å². The number of fused-ring (bicyclic) bond motifs is 1. The van der Waals surface area contributed by atoms with Gasteiger partial charge in [-0.25, -0.2) is 0 Å². The molecule has 1 saturated carbocycles. The van der Waals surface area contributed by atoms with Crippen molar-refractivity contribution in [3.8, 4) is 0 Å². The summed E-state index contributed by atoms with van der Waals surface area (Å²) in [4.78, 5) is 26.6. The fraction of sp³-hybridized carbons (Fsp3) is 0.375. The molecule has 4 rings (SSSR count). The second kappa shape index (κ2) is 6.24. The lowest BCUT2D eigenvalue weighted by molar-refractivity contribution is -0.787. The first kappa shape index (κ1) is 16.4. The Balaban J connectivity index is 0.00000169. The molecule has 1 aromatic heterocycles. The number of anilines is 1. The number of hydrogen-bond acceptors (Lipinski definition) is 5. The van der Waals surface area contributed by atoms with Crippen LogP contribution in [0.15, 0.2) is 35.0 Å². The molecule has 2 aromatic rings. The number of carbonyl (C=O) groups excluding carboxylic acids is 2. The van der Waals surface area contributed by atoms with Crippen LogP contribution in [0.3, 0.4) is 0 Å². The summed E-state index contributed by atoms with van der Waals surface area (Å²) in [7, 11) is 0. The molecule has 2 atom stereocenters. The molecule has 126 valence electrons. The molecule has 7 nitrogen and oxygen atoms in total. The van der Waals surface area contributed by atoms with E-state index in [0.29, 0.717) is 17.5 Å². The highest BCUT2D eigenvalue weighted by atomic mass is 35.5. The van der Waals surface area contributed by atoms with Gasteiger partial charge < -0.3 is 18.1 Å². The number of nitrogens with two attached hydrogens (primary N) is 1. The van der Waals surface area contributed by atoms with Gasteiger partial charge in [-0.2, -0.15) is 0 Å². The van der Waals surface area contributed by atoms with E-state index in [4.69, 9.17) is 10.3 Å². The molecule has 24 heavy (non-hydrogen) atoms. The Hall–Kier alpha value is -2.41. The van der Waals surface area contributed by atoms with Gasteiger partial charge >= 0.3 is 0 Å². The van der Waals surface area contributed by atoms with E-state index in [1.54, 1.807) is 35.1 Å². The quantitative estimate of drug-likeness (QED) is 0.517. The molecule has 8 heteroatoms. The van der Waals surface area contributed by atoms with Gasteiger partial charge in [-0.1, -0.05) is 12.1 Å². The summed E-state index contributed by atoms with van der Waals surface area (Å²) in [5, 5.41) is 3.91. The Morgan fingerprint density at radius 1 is 1.17 bits per heavy atom. The molecule has 0 bridgehead atoms. The first-order chi connectivity index (χ1) is 11.1. The standard InChI is InChI=1S/C16H17N4O3.ClH/c17-14-9-19(18-23-14)10-4-3-5-11(8-10)20-15(21)12-6-1-2-7-13(12)16(20)22;/h1-2,6-7,9-11H,3-5,8,17H2;1H/q+1;/p-1/t10-,11-;/m1./s1. The van der Waals surface area contributed by atoms with Crippen molar-refractivity contribution in [3.05, 3.63) is 41.6 Å². The third-order valence-electron chi connectivity index (χ3n) is 4.68. The summed E-state index contributed by atoms with van der Waals surface area (Å²) in [5.74, 6) is -0.130. The van der Waals surface area contributed by atoms with Crippen LogP contribution >= 0.6 is 0 Å². The number of halogens is 1. The molecule has 0 spiro atoms. The normalized spacial score (nSPS) is 23.1. The van der Waals surface area contributed by atoms with Crippen LogP contribution in [0, 0.1) is 0 Å². The van der Waals surface area contributed by atoms with Crippen molar-refractivity contribution in [1.29, 1.82) is 0 Å². The second-order valence-corrected chi connectivity index (χ2v) is 6.08. The van der Waals surface area contributed by atoms with Gasteiger partial charge in [-0.3, -0.25) is 19.0 Å². The van der Waals surface area contributed by atoms with Gasteiger partial charge in [-0.05, 0) is 29.7 Å². The fourth-order valence-electron chi connectivity index (χ4n) is 3.60. The average Bonchev–Trinajstić information content (AvgIpc) is 3.11. The number of nitrogen functional groups attached to an aromatic ring is 1. The van der Waals surface area contributed by atoms with E-state index < -0.39 is 0 Å². The predicted octanol–water partition coefficient (Wildman–Crippen LogP) is -1.67. The van der Waals surface area contributed by atoms with Crippen LogP contribution in [0.5, 0.6) is 0 Å². The van der Waals surface area contributed by atoms with Gasteiger partial charge in [0.15, 0.2) is 6.04 Å². The molecule has 2 aliphatic rings. The van der Waals surface area contributed by atoms with Crippen molar-refractivity contribution >= 4 is 17.7 Å². The zero-order chi connectivity index (χ0) is 16.0. The van der Waals surface area contributed by atoms with E-state index in [9.17, 15) is 9.59 Å². The number of aromatic nitrogens is 2. The van der Waals surface area contributed by atoms with Gasteiger partial charge in [-0.15, -0.1) is 0 Å². The van der Waals surface area contributed by atoms with Crippen LogP contribution in [0.4, 0.5) is 5.88 Å². The number of carbonyl (C=O) groups is 2. The van der Waals surface area contributed by atoms with E-state index in [0.717, 1.165) is 19.3 Å². The van der Waals surface area contributed by atoms with Gasteiger partial charge in [0.25, 0.3) is 23.9 Å². The molecule has 2 N–H and O–H groups in total. The topological polar surface area (TPSA) is 93.3 Å². The zero-order valence-electron chi connectivity index (χ0n) is 12.9. The maximum absolute atomic E-state index is 12.6. The number of hydrogen-bond donors (Lipinski definition) is 1. The van der Waals surface area contributed by atoms with E-state index in [1.807, 2.05) is 0 Å². The maximum Gasteiger partial charge on any atom is 0.293 e. The van der Waals surface area contributed by atoms with Crippen LogP contribution in [-0.2, 0) is 0 Å². The molecule has 1 fully saturated rings. The molecular formula is C16H17ClN4O3. The highest BCUT2D eigenvalue weighted by Gasteiger charge is 2.43. The van der Waals surface area contributed by atoms with E-state index >= 15 is 0 Å². The van der Waals surface area contributed by atoms with Crippen LogP contribution in [-0.4, -0.2) is 28.0 Å². The molecule has 0 radical (unpaired) electrons. The second-order valence-electron chi connectivity index (χ2n) is 6.08. The lowest BCUT2D eigenvalue weighted by Crippen LogP contribution is -3.00. The Bertz CT molecular complexity index is 756. The molecular weight excluding hydrogens is 332 g/mol. The van der Waals surface area contributed by atoms with Crippen molar-refractivity contribution in [2.45, 2.75) is 37.8 Å². The molecule has 1 aromatic carbocycles. The van der Waals surface area contributed by atoms with Gasteiger partial charge in [0.2, 0.25) is 5.27 Å². The Morgan fingerprint density at radius 3 is 2.42 bits per heavy atom. The van der Waals surface area contributed by atoms with E-state index in [-0.39, 0.29) is 42.2 Å². The van der Waals surface area contributed by atoms with Gasteiger partial charge in [0.1, 0.15) is 0 Å². The minimum Gasteiger partial charge on any atom is -1.00 e. The summed E-state index contributed by atoms with van der Waals surface area (Å²) in [6.45, 7) is 0. The smallest absolute Gasteiger partial charge is 0.293 e. The lowest BCUT2D eigenvalue weighted by atomic mass is 9.90. The van der Waals surface area contributed by atoms with Crippen LogP contribution in [0.2, 0.25) is 0 Å². The molecule has 2 heterocycles. The number of benzene rings is 1. The molecule has 1 aliphatic heterocycles. The van der Waals surface area contributed by atoms with Crippen molar-refractivity contribution < 1.29 is 31.2 Å². The average molecular weight is 349 g/mol. The van der Waals surface area contributed by atoms with Gasteiger partial charge in [0.05, 0.1) is 11.1 Å². The number of rotatable bonds is 2. The highest BCUT2D eigenvalue weighted by Crippen LogP contribution is 2.33. The zero-order valence-corrected chi connectivity index (χ0v) is 13.6. The van der Waals surface area contributed by atoms with Crippen LogP contribution in [0.25, 0.3) is 0 Å². The van der Waals surface area contributed by atoms with Crippen molar-refractivity contribution in [1.82, 2.24) is 10.2 Å². The number of nitrogens with zero attached hydrogens (tertiary/aromatic N) is 3. The monoisotopic (exact) mass is 348 g/mol. The number of amides is 2. The summed E-state index contributed by atoms with van der Waals surface area (Å²) < 4.78 is 6.61. The van der Waals surface area contributed by atoms with E-state index in [2.05, 4.69) is 5.27 Å². The SMILES string of the molecule is Nc1c[n+]([C@@H]2CCC[C@@H](N3C(=O)c4ccccc4C3=O)C2)no1.[Cl-]. The third-order valence-corrected chi connectivity index (χ3v) is 4.68. The largest absolute Gasteiger partial charge is 1.00 e. The maximum atomic E-state index is 12.6. The summed E-state index contributed by atoms with van der Waals surface area (Å²) in [6.07, 6.45) is 4.98. The molecule has 1 aliphatic carbocycles. The third kappa shape index (κ3) is 2.54. The van der Waals surface area contributed by atoms with Crippen molar-refractivity contribution in [2.24, 2.45) is 0 Å². The minimum absolute atomic E-state index is 0. The summed E-state index contributed by atoms with van der Waals surface area (Å²) in [5.41, 5.74) is 6.57. The first-order valence-electron chi connectivity index (χ1n) is 7.75. The van der Waals surface area contributed by atoms with Crippen molar-refractivity contribution in [3.63, 3.8) is 0 Å². The molecule has 2 amide bonds. The molecule has 0 saturated heterocycles. The Labute approximate surface area is 144 Å². The Morgan fingerprint density at radius 2 is 1.83 bits per heavy atom. The number of imide groups is 1. The fourth-order valence-corrected chi connectivity index (χ4v) is 3.60. The van der Waals surface area contributed by atoms with E-state index in [1.165, 1.54) is 4.90 Å². The summed E-state index contributed by atoms with van der Waals surface area (Å²) in [6, 6.07) is 6.95. The van der Waals surface area contributed by atoms with Crippen LogP contribution in [0.1, 0.15) is 52.4 Å². The summed E-state index contributed by atoms with van der Waals surface area (Å²) >= 11 is 0. The first-order valence-corrected chi connectivity index (χ1v) is 7.75. The minimum atomic E-state index is -0.194.